The number of rotatable bonds is 1. The Labute approximate surface area is 109 Å². The Morgan fingerprint density at radius 1 is 1.16 bits per heavy atom. The Morgan fingerprint density at radius 3 is 2.84 bits per heavy atom. The minimum absolute atomic E-state index is 0.0230. The van der Waals surface area contributed by atoms with Crippen molar-refractivity contribution in [3.63, 3.8) is 0 Å². The zero-order valence-corrected chi connectivity index (χ0v) is 10.6. The molecular formula is C12H16N6O. The van der Waals surface area contributed by atoms with Crippen LogP contribution in [0.25, 0.3) is 5.78 Å². The quantitative estimate of drug-likeness (QED) is 0.733. The maximum atomic E-state index is 12.4. The predicted octanol–water partition coefficient (Wildman–Crippen LogP) is -0.336. The molecule has 0 atom stereocenters. The van der Waals surface area contributed by atoms with Crippen LogP contribution in [-0.2, 0) is 13.0 Å². The van der Waals surface area contributed by atoms with Crippen LogP contribution in [0.2, 0.25) is 0 Å². The van der Waals surface area contributed by atoms with E-state index in [4.69, 9.17) is 0 Å². The zero-order chi connectivity index (χ0) is 12.8. The number of fused-ring (bicyclic) bond motifs is 2. The maximum Gasteiger partial charge on any atom is 0.278 e. The number of H-pyrrole nitrogens is 1. The van der Waals surface area contributed by atoms with Crippen molar-refractivity contribution in [2.45, 2.75) is 25.8 Å². The van der Waals surface area contributed by atoms with Crippen LogP contribution in [0.5, 0.6) is 0 Å². The van der Waals surface area contributed by atoms with Gasteiger partial charge < -0.3 is 10.2 Å². The van der Waals surface area contributed by atoms with Crippen molar-refractivity contribution in [2.24, 2.45) is 0 Å². The van der Waals surface area contributed by atoms with E-state index in [0.717, 1.165) is 43.3 Å². The summed E-state index contributed by atoms with van der Waals surface area (Å²) in [6, 6.07) is 0. The van der Waals surface area contributed by atoms with E-state index >= 15 is 0 Å². The Kier molecular flexibility index (Phi) is 2.34. The average Bonchev–Trinajstić information content (AvgIpc) is 3.07. The molecule has 7 heteroatoms. The van der Waals surface area contributed by atoms with Crippen molar-refractivity contribution in [3.05, 3.63) is 21.6 Å². The summed E-state index contributed by atoms with van der Waals surface area (Å²) >= 11 is 0. The highest BCUT2D eigenvalue weighted by atomic mass is 16.1. The molecule has 100 valence electrons. The molecule has 0 unspecified atom stereocenters. The monoisotopic (exact) mass is 260 g/mol. The summed E-state index contributed by atoms with van der Waals surface area (Å²) < 4.78 is 1.47. The first-order valence-corrected chi connectivity index (χ1v) is 6.79. The van der Waals surface area contributed by atoms with Gasteiger partial charge in [0, 0.05) is 32.6 Å². The van der Waals surface area contributed by atoms with Crippen molar-refractivity contribution in [2.75, 3.05) is 24.5 Å². The summed E-state index contributed by atoms with van der Waals surface area (Å²) in [6.07, 6.45) is 3.16. The molecule has 0 aliphatic carbocycles. The second-order valence-electron chi connectivity index (χ2n) is 5.15. The third-order valence-electron chi connectivity index (χ3n) is 3.91. The third-order valence-corrected chi connectivity index (χ3v) is 3.91. The number of anilines is 1. The number of nitrogens with zero attached hydrogens (tertiary/aromatic N) is 4. The first kappa shape index (κ1) is 11.0. The topological polar surface area (TPSA) is 78.3 Å². The molecule has 2 aromatic rings. The van der Waals surface area contributed by atoms with E-state index in [1.165, 1.54) is 17.4 Å². The van der Waals surface area contributed by atoms with Gasteiger partial charge in [-0.05, 0) is 12.8 Å². The van der Waals surface area contributed by atoms with E-state index in [1.54, 1.807) is 0 Å². The van der Waals surface area contributed by atoms with Crippen molar-refractivity contribution in [1.82, 2.24) is 24.9 Å². The molecule has 0 bridgehead atoms. The van der Waals surface area contributed by atoms with Gasteiger partial charge in [-0.3, -0.25) is 9.89 Å². The number of hydrogen-bond donors (Lipinski definition) is 2. The van der Waals surface area contributed by atoms with Crippen LogP contribution >= 0.6 is 0 Å². The first-order valence-electron chi connectivity index (χ1n) is 6.79. The SMILES string of the molecule is O=c1c2c(nc3nc(N4CCCC4)[nH]n13)CCNC2. The van der Waals surface area contributed by atoms with Gasteiger partial charge in [0.25, 0.3) is 11.3 Å². The van der Waals surface area contributed by atoms with E-state index in [9.17, 15) is 4.79 Å². The lowest BCUT2D eigenvalue weighted by Gasteiger charge is -2.14. The van der Waals surface area contributed by atoms with Gasteiger partial charge in [0.1, 0.15) is 0 Å². The molecule has 4 rings (SSSR count). The van der Waals surface area contributed by atoms with E-state index in [1.807, 2.05) is 0 Å². The molecule has 0 radical (unpaired) electrons. The average molecular weight is 260 g/mol. The molecular weight excluding hydrogens is 244 g/mol. The van der Waals surface area contributed by atoms with Gasteiger partial charge in [0.2, 0.25) is 5.95 Å². The molecule has 19 heavy (non-hydrogen) atoms. The van der Waals surface area contributed by atoms with Crippen molar-refractivity contribution >= 4 is 11.7 Å². The summed E-state index contributed by atoms with van der Waals surface area (Å²) in [7, 11) is 0. The molecule has 2 aromatic heterocycles. The molecule has 0 saturated carbocycles. The van der Waals surface area contributed by atoms with Gasteiger partial charge in [-0.25, -0.2) is 4.98 Å². The van der Waals surface area contributed by atoms with E-state index in [-0.39, 0.29) is 5.56 Å². The lowest BCUT2D eigenvalue weighted by molar-refractivity contribution is 0.616. The lowest BCUT2D eigenvalue weighted by Crippen LogP contribution is -2.33. The fourth-order valence-corrected chi connectivity index (χ4v) is 2.86. The van der Waals surface area contributed by atoms with E-state index in [2.05, 4.69) is 25.3 Å². The maximum absolute atomic E-state index is 12.4. The minimum Gasteiger partial charge on any atom is -0.341 e. The number of aromatic amines is 1. The van der Waals surface area contributed by atoms with E-state index in [0.29, 0.717) is 12.3 Å². The van der Waals surface area contributed by atoms with Gasteiger partial charge >= 0.3 is 0 Å². The molecule has 2 aliphatic rings. The summed E-state index contributed by atoms with van der Waals surface area (Å²) in [5, 5.41) is 6.29. The molecule has 0 spiro atoms. The molecule has 0 aromatic carbocycles. The third kappa shape index (κ3) is 1.65. The largest absolute Gasteiger partial charge is 0.341 e. The van der Waals surface area contributed by atoms with Gasteiger partial charge in [-0.2, -0.15) is 9.50 Å². The van der Waals surface area contributed by atoms with Gasteiger partial charge in [-0.1, -0.05) is 0 Å². The highest BCUT2D eigenvalue weighted by Gasteiger charge is 2.21. The fourth-order valence-electron chi connectivity index (χ4n) is 2.86. The van der Waals surface area contributed by atoms with Crippen molar-refractivity contribution in [3.8, 4) is 0 Å². The first-order chi connectivity index (χ1) is 9.33. The van der Waals surface area contributed by atoms with Crippen LogP contribution in [0.3, 0.4) is 0 Å². The highest BCUT2D eigenvalue weighted by molar-refractivity contribution is 5.42. The van der Waals surface area contributed by atoms with Crippen molar-refractivity contribution in [1.29, 1.82) is 0 Å². The molecule has 1 fully saturated rings. The summed E-state index contributed by atoms with van der Waals surface area (Å²) in [5.41, 5.74) is 1.63. The summed E-state index contributed by atoms with van der Waals surface area (Å²) in [5.74, 6) is 1.25. The fraction of sp³-hybridized carbons (Fsp3) is 0.583. The smallest absolute Gasteiger partial charge is 0.278 e. The zero-order valence-electron chi connectivity index (χ0n) is 10.6. The minimum atomic E-state index is -0.0230. The Hall–Kier alpha value is -1.89. The van der Waals surface area contributed by atoms with Crippen LogP contribution in [0.4, 0.5) is 5.95 Å². The summed E-state index contributed by atoms with van der Waals surface area (Å²) in [4.78, 5) is 23.6. The molecule has 7 nitrogen and oxygen atoms in total. The van der Waals surface area contributed by atoms with Crippen LogP contribution < -0.4 is 15.8 Å². The second kappa shape index (κ2) is 4.06. The molecule has 2 aliphatic heterocycles. The predicted molar refractivity (Wildman–Crippen MR) is 70.5 cm³/mol. The van der Waals surface area contributed by atoms with Crippen LogP contribution in [0.1, 0.15) is 24.1 Å². The number of nitrogens with one attached hydrogen (secondary N) is 2. The van der Waals surface area contributed by atoms with Gasteiger partial charge in [-0.15, -0.1) is 0 Å². The molecule has 2 N–H and O–H groups in total. The Morgan fingerprint density at radius 2 is 2.00 bits per heavy atom. The number of hydrogen-bond acceptors (Lipinski definition) is 5. The molecule has 0 amide bonds. The number of aromatic nitrogens is 4. The lowest BCUT2D eigenvalue weighted by atomic mass is 10.1. The van der Waals surface area contributed by atoms with Gasteiger partial charge in [0.15, 0.2) is 0 Å². The highest BCUT2D eigenvalue weighted by Crippen LogP contribution is 2.16. The molecule has 4 heterocycles. The van der Waals surface area contributed by atoms with Gasteiger partial charge in [0.05, 0.1) is 11.3 Å². The Balaban J connectivity index is 1.88. The Bertz CT molecular complexity index is 681. The van der Waals surface area contributed by atoms with Crippen molar-refractivity contribution < 1.29 is 0 Å². The second-order valence-corrected chi connectivity index (χ2v) is 5.15. The standard InChI is InChI=1S/C12H16N6O/c19-10-8-7-13-4-3-9(8)14-11-15-12(16-18(10)11)17-5-1-2-6-17/h13H,1-7H2,(H,14,15,16). The van der Waals surface area contributed by atoms with E-state index < -0.39 is 0 Å². The van der Waals surface area contributed by atoms with Crippen LogP contribution in [-0.4, -0.2) is 39.2 Å². The normalized spacial score (nSPS) is 19.1. The van der Waals surface area contributed by atoms with Crippen LogP contribution in [0, 0.1) is 0 Å². The summed E-state index contributed by atoms with van der Waals surface area (Å²) in [6.45, 7) is 3.47. The van der Waals surface area contributed by atoms with Crippen LogP contribution in [0.15, 0.2) is 4.79 Å². The molecule has 1 saturated heterocycles.